The number of rotatable bonds is 4. The van der Waals surface area contributed by atoms with Crippen molar-refractivity contribution >= 4 is 5.91 Å². The van der Waals surface area contributed by atoms with Gasteiger partial charge in [-0.3, -0.25) is 4.79 Å². The maximum atomic E-state index is 12.6. The Balaban J connectivity index is 1.62. The predicted octanol–water partition coefficient (Wildman–Crippen LogP) is 2.78. The van der Waals surface area contributed by atoms with Crippen molar-refractivity contribution < 1.29 is 18.0 Å². The van der Waals surface area contributed by atoms with E-state index in [1.54, 1.807) is 24.3 Å². The van der Waals surface area contributed by atoms with Crippen LogP contribution in [-0.4, -0.2) is 21.2 Å². The molecule has 0 aliphatic heterocycles. The molecule has 5 nitrogen and oxygen atoms in total. The molecule has 1 aromatic carbocycles. The number of carbonyl (C=O) groups is 1. The minimum Gasteiger partial charge on any atom is -0.350 e. The van der Waals surface area contributed by atoms with Crippen LogP contribution in [0, 0.1) is 0 Å². The quantitative estimate of drug-likeness (QED) is 0.889. The van der Waals surface area contributed by atoms with E-state index in [4.69, 9.17) is 5.73 Å². The maximum Gasteiger partial charge on any atom is 0.435 e. The van der Waals surface area contributed by atoms with Crippen LogP contribution in [-0.2, 0) is 17.5 Å². The summed E-state index contributed by atoms with van der Waals surface area (Å²) in [4.78, 5) is 12.2. The molecule has 1 aromatic heterocycles. The fraction of sp³-hybridized carbons (Fsp3) is 0.412. The molecule has 1 saturated carbocycles. The number of alkyl halides is 3. The van der Waals surface area contributed by atoms with Crippen LogP contribution in [0.2, 0.25) is 0 Å². The molecule has 8 heteroatoms. The second-order valence-corrected chi connectivity index (χ2v) is 6.36. The lowest BCUT2D eigenvalue weighted by Gasteiger charge is -2.22. The molecule has 0 atom stereocenters. The Bertz CT molecular complexity index is 746. The van der Waals surface area contributed by atoms with E-state index in [1.807, 2.05) is 0 Å². The Kier molecular flexibility index (Phi) is 4.55. The van der Waals surface area contributed by atoms with Gasteiger partial charge in [0, 0.05) is 12.7 Å². The zero-order valence-corrected chi connectivity index (χ0v) is 13.5. The molecule has 0 saturated heterocycles. The zero-order chi connectivity index (χ0) is 18.1. The first-order valence-electron chi connectivity index (χ1n) is 8.07. The van der Waals surface area contributed by atoms with Gasteiger partial charge in [-0.2, -0.15) is 18.3 Å². The third-order valence-electron chi connectivity index (χ3n) is 4.48. The highest BCUT2D eigenvalue weighted by Gasteiger charge is 2.36. The van der Waals surface area contributed by atoms with Crippen LogP contribution >= 0.6 is 0 Å². The minimum atomic E-state index is -4.46. The molecule has 0 unspecified atom stereocenters. The average Bonchev–Trinajstić information content (AvgIpc) is 3.22. The standard InChI is InChI=1S/C17H19F3N4O/c18-17(19,20)14-7-10-24(23-14)13-5-3-12(4-6-13)11-22-15(25)16(21)8-1-2-9-16/h3-7,10H,1-2,8-9,11,21H2,(H,22,25). The normalized spacial score (nSPS) is 16.8. The summed E-state index contributed by atoms with van der Waals surface area (Å²) >= 11 is 0. The lowest BCUT2D eigenvalue weighted by atomic mass is 9.98. The number of hydrogen-bond acceptors (Lipinski definition) is 3. The van der Waals surface area contributed by atoms with Crippen molar-refractivity contribution in [3.05, 3.63) is 47.8 Å². The van der Waals surface area contributed by atoms with Crippen LogP contribution in [0.25, 0.3) is 5.69 Å². The largest absolute Gasteiger partial charge is 0.435 e. The van der Waals surface area contributed by atoms with Gasteiger partial charge in [-0.1, -0.05) is 25.0 Å². The van der Waals surface area contributed by atoms with Crippen LogP contribution < -0.4 is 11.1 Å². The Morgan fingerprint density at radius 3 is 2.40 bits per heavy atom. The van der Waals surface area contributed by atoms with Gasteiger partial charge in [0.25, 0.3) is 0 Å². The third-order valence-corrected chi connectivity index (χ3v) is 4.48. The van der Waals surface area contributed by atoms with E-state index in [9.17, 15) is 18.0 Å². The molecular weight excluding hydrogens is 333 g/mol. The van der Waals surface area contributed by atoms with E-state index >= 15 is 0 Å². The van der Waals surface area contributed by atoms with Crippen LogP contribution in [0.15, 0.2) is 36.5 Å². The van der Waals surface area contributed by atoms with Crippen molar-refractivity contribution in [2.45, 2.75) is 43.9 Å². The van der Waals surface area contributed by atoms with Crippen LogP contribution in [0.5, 0.6) is 0 Å². The second kappa shape index (κ2) is 6.51. The first-order valence-corrected chi connectivity index (χ1v) is 8.07. The highest BCUT2D eigenvalue weighted by molar-refractivity contribution is 5.86. The molecule has 134 valence electrons. The van der Waals surface area contributed by atoms with Crippen molar-refractivity contribution in [2.75, 3.05) is 0 Å². The summed E-state index contributed by atoms with van der Waals surface area (Å²) in [5, 5.41) is 6.35. The number of halogens is 3. The number of nitrogens with zero attached hydrogens (tertiary/aromatic N) is 2. The molecule has 0 spiro atoms. The van der Waals surface area contributed by atoms with Gasteiger partial charge in [0.2, 0.25) is 5.91 Å². The van der Waals surface area contributed by atoms with Gasteiger partial charge >= 0.3 is 6.18 Å². The SMILES string of the molecule is NC1(C(=O)NCc2ccc(-n3ccc(C(F)(F)F)n3)cc2)CCCC1. The maximum absolute atomic E-state index is 12.6. The number of amides is 1. The van der Waals surface area contributed by atoms with Gasteiger partial charge in [0.1, 0.15) is 0 Å². The molecule has 3 N–H and O–H groups in total. The Morgan fingerprint density at radius 2 is 1.84 bits per heavy atom. The molecule has 1 aliphatic rings. The number of nitrogens with one attached hydrogen (secondary N) is 1. The van der Waals surface area contributed by atoms with Crippen LogP contribution in [0.1, 0.15) is 36.9 Å². The fourth-order valence-electron chi connectivity index (χ4n) is 2.98. The summed E-state index contributed by atoms with van der Waals surface area (Å²) in [6.45, 7) is 0.324. The molecule has 1 heterocycles. The molecule has 0 bridgehead atoms. The van der Waals surface area contributed by atoms with Gasteiger partial charge in [0.15, 0.2) is 5.69 Å². The van der Waals surface area contributed by atoms with Crippen molar-refractivity contribution in [3.63, 3.8) is 0 Å². The van der Waals surface area contributed by atoms with Gasteiger partial charge in [-0.25, -0.2) is 4.68 Å². The summed E-state index contributed by atoms with van der Waals surface area (Å²) in [5.74, 6) is -0.157. The van der Waals surface area contributed by atoms with E-state index in [0.717, 1.165) is 24.5 Å². The summed E-state index contributed by atoms with van der Waals surface area (Å²) in [5.41, 5.74) is 5.72. The number of aromatic nitrogens is 2. The lowest BCUT2D eigenvalue weighted by molar-refractivity contribution is -0.141. The summed E-state index contributed by atoms with van der Waals surface area (Å²) in [7, 11) is 0. The molecule has 1 fully saturated rings. The van der Waals surface area contributed by atoms with Gasteiger partial charge < -0.3 is 11.1 Å². The topological polar surface area (TPSA) is 72.9 Å². The molecule has 1 amide bonds. The average molecular weight is 352 g/mol. The van der Waals surface area contributed by atoms with Crippen LogP contribution in [0.4, 0.5) is 13.2 Å². The van der Waals surface area contributed by atoms with Crippen molar-refractivity contribution in [3.8, 4) is 5.69 Å². The molecule has 0 radical (unpaired) electrons. The van der Waals surface area contributed by atoms with Crippen LogP contribution in [0.3, 0.4) is 0 Å². The van der Waals surface area contributed by atoms with Crippen molar-refractivity contribution in [1.29, 1.82) is 0 Å². The van der Waals surface area contributed by atoms with E-state index < -0.39 is 17.4 Å². The second-order valence-electron chi connectivity index (χ2n) is 6.36. The lowest BCUT2D eigenvalue weighted by Crippen LogP contribution is -2.51. The van der Waals surface area contributed by atoms with E-state index in [-0.39, 0.29) is 5.91 Å². The monoisotopic (exact) mass is 352 g/mol. The molecule has 1 aliphatic carbocycles. The van der Waals surface area contributed by atoms with Gasteiger partial charge in [-0.15, -0.1) is 0 Å². The molecular formula is C17H19F3N4O. The fourth-order valence-corrected chi connectivity index (χ4v) is 2.98. The first-order chi connectivity index (χ1) is 11.8. The van der Waals surface area contributed by atoms with Gasteiger partial charge in [-0.05, 0) is 36.6 Å². The van der Waals surface area contributed by atoms with E-state index in [1.165, 1.54) is 10.9 Å². The highest BCUT2D eigenvalue weighted by atomic mass is 19.4. The summed E-state index contributed by atoms with van der Waals surface area (Å²) in [6.07, 6.45) is 0.105. The van der Waals surface area contributed by atoms with E-state index in [2.05, 4.69) is 10.4 Å². The third kappa shape index (κ3) is 3.84. The first kappa shape index (κ1) is 17.5. The molecule has 2 aromatic rings. The Labute approximate surface area is 143 Å². The smallest absolute Gasteiger partial charge is 0.350 e. The summed E-state index contributed by atoms with van der Waals surface area (Å²) in [6, 6.07) is 7.71. The van der Waals surface area contributed by atoms with E-state index in [0.29, 0.717) is 25.1 Å². The minimum absolute atomic E-state index is 0.157. The molecule has 25 heavy (non-hydrogen) atoms. The number of nitrogens with two attached hydrogens (primary N) is 1. The number of hydrogen-bond donors (Lipinski definition) is 2. The van der Waals surface area contributed by atoms with Gasteiger partial charge in [0.05, 0.1) is 11.2 Å². The molecule has 3 rings (SSSR count). The van der Waals surface area contributed by atoms with Crippen molar-refractivity contribution in [2.24, 2.45) is 5.73 Å². The summed E-state index contributed by atoms with van der Waals surface area (Å²) < 4.78 is 38.9. The Morgan fingerprint density at radius 1 is 1.20 bits per heavy atom. The number of carbonyl (C=O) groups excluding carboxylic acids is 1. The predicted molar refractivity (Wildman–Crippen MR) is 85.8 cm³/mol. The highest BCUT2D eigenvalue weighted by Crippen LogP contribution is 2.28. The Hall–Kier alpha value is -2.35. The zero-order valence-electron chi connectivity index (χ0n) is 13.5. The number of benzene rings is 1. The van der Waals surface area contributed by atoms with Crippen molar-refractivity contribution in [1.82, 2.24) is 15.1 Å².